The molecule has 1 aromatic carbocycles. The second-order valence-corrected chi connectivity index (χ2v) is 7.42. The molecule has 0 bridgehead atoms. The predicted octanol–water partition coefficient (Wildman–Crippen LogP) is 3.85. The zero-order valence-electron chi connectivity index (χ0n) is 12.3. The first-order valence-electron chi connectivity index (χ1n) is 7.61. The van der Waals surface area contributed by atoms with Gasteiger partial charge in [-0.1, -0.05) is 23.7 Å². The Bertz CT molecular complexity index is 421. The maximum atomic E-state index is 6.02. The Morgan fingerprint density at radius 3 is 2.62 bits per heavy atom. The van der Waals surface area contributed by atoms with E-state index in [9.17, 15) is 0 Å². The van der Waals surface area contributed by atoms with E-state index in [-0.39, 0.29) is 12.4 Å². The highest BCUT2D eigenvalue weighted by Gasteiger charge is 2.27. The first-order valence-corrected chi connectivity index (χ1v) is 9.14. The molecule has 2 nitrogen and oxygen atoms in total. The molecule has 0 saturated carbocycles. The van der Waals surface area contributed by atoms with Gasteiger partial charge in [-0.25, -0.2) is 0 Å². The summed E-state index contributed by atoms with van der Waals surface area (Å²) in [6, 6.07) is 9.03. The molecule has 2 heterocycles. The highest BCUT2D eigenvalue weighted by molar-refractivity contribution is 7.99. The molecule has 1 atom stereocenters. The molecule has 2 saturated heterocycles. The van der Waals surface area contributed by atoms with Crippen LogP contribution in [0.4, 0.5) is 0 Å². The van der Waals surface area contributed by atoms with Crippen LogP contribution in [-0.2, 0) is 0 Å². The van der Waals surface area contributed by atoms with E-state index in [4.69, 9.17) is 11.6 Å². The number of nitrogens with one attached hydrogen (secondary N) is 1. The van der Waals surface area contributed by atoms with Crippen LogP contribution in [0.3, 0.4) is 0 Å². The van der Waals surface area contributed by atoms with Crippen molar-refractivity contribution < 1.29 is 0 Å². The SMILES string of the molecule is Cl.Clc1ccc(C2CSCCN2CC2CCNCC2)cc1. The molecule has 118 valence electrons. The summed E-state index contributed by atoms with van der Waals surface area (Å²) < 4.78 is 0. The summed E-state index contributed by atoms with van der Waals surface area (Å²) in [6.07, 6.45) is 2.66. The topological polar surface area (TPSA) is 15.3 Å². The Balaban J connectivity index is 0.00000161. The Morgan fingerprint density at radius 1 is 1.19 bits per heavy atom. The molecule has 2 aliphatic heterocycles. The molecule has 3 rings (SSSR count). The second kappa shape index (κ2) is 8.64. The number of hydrogen-bond acceptors (Lipinski definition) is 3. The van der Waals surface area contributed by atoms with E-state index in [1.54, 1.807) is 0 Å². The molecule has 1 unspecified atom stereocenters. The van der Waals surface area contributed by atoms with Crippen LogP contribution in [0.25, 0.3) is 0 Å². The van der Waals surface area contributed by atoms with Gasteiger partial charge in [0.1, 0.15) is 0 Å². The molecule has 21 heavy (non-hydrogen) atoms. The summed E-state index contributed by atoms with van der Waals surface area (Å²) in [4.78, 5) is 2.70. The van der Waals surface area contributed by atoms with Crippen molar-refractivity contribution in [2.75, 3.05) is 37.7 Å². The maximum Gasteiger partial charge on any atom is 0.0439 e. The van der Waals surface area contributed by atoms with Crippen molar-refractivity contribution in [3.8, 4) is 0 Å². The smallest absolute Gasteiger partial charge is 0.0439 e. The number of hydrogen-bond donors (Lipinski definition) is 1. The zero-order chi connectivity index (χ0) is 13.8. The fraction of sp³-hybridized carbons (Fsp3) is 0.625. The minimum absolute atomic E-state index is 0. The van der Waals surface area contributed by atoms with E-state index < -0.39 is 0 Å². The highest BCUT2D eigenvalue weighted by atomic mass is 35.5. The summed E-state index contributed by atoms with van der Waals surface area (Å²) in [5, 5.41) is 4.30. The maximum absolute atomic E-state index is 6.02. The lowest BCUT2D eigenvalue weighted by molar-refractivity contribution is 0.168. The first kappa shape index (κ1) is 17.4. The predicted molar refractivity (Wildman–Crippen MR) is 95.9 cm³/mol. The van der Waals surface area contributed by atoms with Gasteiger partial charge in [0.25, 0.3) is 0 Å². The molecule has 0 aliphatic carbocycles. The molecular formula is C16H24Cl2N2S. The van der Waals surface area contributed by atoms with Crippen LogP contribution >= 0.6 is 35.8 Å². The molecule has 5 heteroatoms. The summed E-state index contributed by atoms with van der Waals surface area (Å²) in [5.74, 6) is 3.36. The molecule has 0 radical (unpaired) electrons. The van der Waals surface area contributed by atoms with Gasteiger partial charge in [0, 0.05) is 35.7 Å². The quantitative estimate of drug-likeness (QED) is 0.894. The van der Waals surface area contributed by atoms with Crippen molar-refractivity contribution in [1.29, 1.82) is 0 Å². The van der Waals surface area contributed by atoms with Crippen LogP contribution in [0.2, 0.25) is 5.02 Å². The van der Waals surface area contributed by atoms with Crippen LogP contribution in [0, 0.1) is 5.92 Å². The van der Waals surface area contributed by atoms with Crippen LogP contribution in [0.1, 0.15) is 24.4 Å². The lowest BCUT2D eigenvalue weighted by atomic mass is 9.96. The van der Waals surface area contributed by atoms with Gasteiger partial charge < -0.3 is 5.32 Å². The van der Waals surface area contributed by atoms with Crippen molar-refractivity contribution in [3.05, 3.63) is 34.9 Å². The lowest BCUT2D eigenvalue weighted by Gasteiger charge is -2.38. The highest BCUT2D eigenvalue weighted by Crippen LogP contribution is 2.31. The van der Waals surface area contributed by atoms with E-state index >= 15 is 0 Å². The average molecular weight is 347 g/mol. The van der Waals surface area contributed by atoms with Crippen molar-refractivity contribution in [2.45, 2.75) is 18.9 Å². The summed E-state index contributed by atoms with van der Waals surface area (Å²) in [5.41, 5.74) is 1.43. The van der Waals surface area contributed by atoms with Gasteiger partial charge >= 0.3 is 0 Å². The van der Waals surface area contributed by atoms with E-state index in [0.29, 0.717) is 6.04 Å². The summed E-state index contributed by atoms with van der Waals surface area (Å²) in [6.45, 7) is 4.87. The minimum atomic E-state index is 0. The van der Waals surface area contributed by atoms with Gasteiger partial charge in [-0.2, -0.15) is 11.8 Å². The largest absolute Gasteiger partial charge is 0.317 e. The number of rotatable bonds is 3. The molecule has 0 spiro atoms. The first-order chi connectivity index (χ1) is 9.83. The van der Waals surface area contributed by atoms with Crippen LogP contribution in [0.5, 0.6) is 0 Å². The fourth-order valence-corrected chi connectivity index (χ4v) is 4.53. The normalized spacial score (nSPS) is 24.5. The van der Waals surface area contributed by atoms with Crippen LogP contribution in [-0.4, -0.2) is 42.6 Å². The lowest BCUT2D eigenvalue weighted by Crippen LogP contribution is -2.41. The number of halogens is 2. The van der Waals surface area contributed by atoms with Crippen LogP contribution < -0.4 is 5.32 Å². The van der Waals surface area contributed by atoms with Gasteiger partial charge in [0.2, 0.25) is 0 Å². The molecule has 1 aromatic rings. The third-order valence-electron chi connectivity index (χ3n) is 4.45. The number of nitrogens with zero attached hydrogens (tertiary/aromatic N) is 1. The second-order valence-electron chi connectivity index (χ2n) is 5.83. The summed E-state index contributed by atoms with van der Waals surface area (Å²) in [7, 11) is 0. The number of thioether (sulfide) groups is 1. The monoisotopic (exact) mass is 346 g/mol. The van der Waals surface area contributed by atoms with E-state index in [1.165, 1.54) is 56.1 Å². The molecule has 0 amide bonds. The Labute approximate surface area is 143 Å². The van der Waals surface area contributed by atoms with Gasteiger partial charge in [-0.3, -0.25) is 4.90 Å². The van der Waals surface area contributed by atoms with Gasteiger partial charge in [-0.05, 0) is 49.5 Å². The van der Waals surface area contributed by atoms with Gasteiger partial charge in [-0.15, -0.1) is 12.4 Å². The molecular weight excluding hydrogens is 323 g/mol. The molecule has 1 N–H and O–H groups in total. The van der Waals surface area contributed by atoms with Gasteiger partial charge in [0.05, 0.1) is 0 Å². The molecule has 0 aromatic heterocycles. The fourth-order valence-electron chi connectivity index (χ4n) is 3.24. The van der Waals surface area contributed by atoms with Crippen molar-refractivity contribution >= 4 is 35.8 Å². The third-order valence-corrected chi connectivity index (χ3v) is 5.72. The standard InChI is InChI=1S/C16H23ClN2S.ClH/c17-15-3-1-14(2-4-15)16-12-20-10-9-19(16)11-13-5-7-18-8-6-13;/h1-4,13,16,18H,5-12H2;1H. The Morgan fingerprint density at radius 2 is 1.90 bits per heavy atom. The Hall–Kier alpha value is 0.0700. The minimum Gasteiger partial charge on any atom is -0.317 e. The van der Waals surface area contributed by atoms with E-state index in [1.807, 2.05) is 12.1 Å². The number of piperidine rings is 1. The third kappa shape index (κ3) is 4.77. The molecule has 2 aliphatic rings. The van der Waals surface area contributed by atoms with Gasteiger partial charge in [0.15, 0.2) is 0 Å². The van der Waals surface area contributed by atoms with Crippen molar-refractivity contribution in [1.82, 2.24) is 10.2 Å². The van der Waals surface area contributed by atoms with Crippen molar-refractivity contribution in [2.24, 2.45) is 5.92 Å². The van der Waals surface area contributed by atoms with Crippen molar-refractivity contribution in [3.63, 3.8) is 0 Å². The molecule has 2 fully saturated rings. The van der Waals surface area contributed by atoms with E-state index in [2.05, 4.69) is 34.1 Å². The average Bonchev–Trinajstić information content (AvgIpc) is 2.50. The summed E-state index contributed by atoms with van der Waals surface area (Å²) >= 11 is 8.10. The van der Waals surface area contributed by atoms with E-state index in [0.717, 1.165) is 10.9 Å². The zero-order valence-corrected chi connectivity index (χ0v) is 14.7. The number of benzene rings is 1. The Kier molecular flexibility index (Phi) is 7.17. The van der Waals surface area contributed by atoms with Crippen LogP contribution in [0.15, 0.2) is 24.3 Å².